The molecule has 0 aliphatic rings. The maximum absolute atomic E-state index is 10.8. The van der Waals surface area contributed by atoms with Crippen LogP contribution in [0.4, 0.5) is 0 Å². The van der Waals surface area contributed by atoms with Crippen molar-refractivity contribution in [1.82, 2.24) is 4.98 Å². The van der Waals surface area contributed by atoms with Gasteiger partial charge in [-0.2, -0.15) is 18.2 Å². The molecule has 0 aliphatic carbocycles. The van der Waals surface area contributed by atoms with E-state index in [0.717, 1.165) is 10.9 Å². The summed E-state index contributed by atoms with van der Waals surface area (Å²) in [5, 5.41) is 1.06. The molecular weight excluding hydrogens is 378 g/mol. The third-order valence-corrected chi connectivity index (χ3v) is 2.74. The molecule has 4 rings (SSSR count). The molecule has 0 amide bonds. The van der Waals surface area contributed by atoms with Gasteiger partial charge in [0.1, 0.15) is 0 Å². The number of nitrogens with one attached hydrogen (secondary N) is 1. The minimum Gasteiger partial charge on any atom is -0.748 e. The number of hydrogen-bond acceptors (Lipinski definition) is 1. The monoisotopic (exact) mass is 394 g/mol. The molecular formula is C19H17CuFeNO-6. The van der Waals surface area contributed by atoms with E-state index in [0.29, 0.717) is 0 Å². The maximum atomic E-state index is 10.8. The van der Waals surface area contributed by atoms with E-state index in [4.69, 9.17) is 0 Å². The van der Waals surface area contributed by atoms with Crippen LogP contribution < -0.4 is 5.56 Å². The van der Waals surface area contributed by atoms with Gasteiger partial charge in [0.25, 0.3) is 0 Å². The van der Waals surface area contributed by atoms with E-state index in [1.807, 2.05) is 91.0 Å². The average molecular weight is 395 g/mol. The molecule has 3 aromatic carbocycles. The number of fused-ring (bicyclic) bond motifs is 1. The van der Waals surface area contributed by atoms with Crippen LogP contribution in [0.15, 0.2) is 102 Å². The maximum Gasteiger partial charge on any atom is 0.248 e. The zero-order chi connectivity index (χ0) is 14.8. The first-order chi connectivity index (χ1) is 10.4. The Morgan fingerprint density at radius 3 is 1.83 bits per heavy atom. The van der Waals surface area contributed by atoms with Crippen LogP contribution in [0.25, 0.3) is 10.9 Å². The fourth-order valence-corrected chi connectivity index (χ4v) is 1.74. The number of hydrogen-bond donors (Lipinski definition) is 1. The summed E-state index contributed by atoms with van der Waals surface area (Å²) in [5.41, 5.74) is 0.837. The zero-order valence-corrected chi connectivity index (χ0v) is 14.3. The molecule has 1 N–H and O–H groups in total. The van der Waals surface area contributed by atoms with Crippen molar-refractivity contribution < 1.29 is 34.1 Å². The molecule has 23 heavy (non-hydrogen) atoms. The van der Waals surface area contributed by atoms with Crippen molar-refractivity contribution in [3.63, 3.8) is 0 Å². The summed E-state index contributed by atoms with van der Waals surface area (Å²) >= 11 is 0. The largest absolute Gasteiger partial charge is 0.748 e. The van der Waals surface area contributed by atoms with Crippen molar-refractivity contribution in [2.75, 3.05) is 0 Å². The molecule has 0 spiro atoms. The molecule has 1 heterocycles. The summed E-state index contributed by atoms with van der Waals surface area (Å²) in [6.07, 6.45) is 0. The van der Waals surface area contributed by atoms with Crippen molar-refractivity contribution in [1.29, 1.82) is 0 Å². The number of H-pyrrole nitrogens is 1. The van der Waals surface area contributed by atoms with Crippen molar-refractivity contribution in [2.45, 2.75) is 0 Å². The molecule has 1 radical (unpaired) electrons. The van der Waals surface area contributed by atoms with Crippen molar-refractivity contribution in [3.05, 3.63) is 107 Å². The first kappa shape index (κ1) is 21.2. The first-order valence-corrected chi connectivity index (χ1v) is 6.78. The molecule has 0 unspecified atom stereocenters. The number of aromatic amines is 1. The number of para-hydroxylation sites is 1. The van der Waals surface area contributed by atoms with E-state index >= 15 is 0 Å². The normalized spacial score (nSPS) is 8.35. The van der Waals surface area contributed by atoms with E-state index in [9.17, 15) is 4.79 Å². The Morgan fingerprint density at radius 1 is 0.739 bits per heavy atom. The van der Waals surface area contributed by atoms with Gasteiger partial charge in [0, 0.05) is 45.7 Å². The third-order valence-electron chi connectivity index (χ3n) is 2.74. The van der Waals surface area contributed by atoms with Gasteiger partial charge >= 0.3 is 0 Å². The van der Waals surface area contributed by atoms with E-state index in [-0.39, 0.29) is 39.7 Å². The van der Waals surface area contributed by atoms with Crippen LogP contribution in [-0.2, 0) is 34.1 Å². The molecule has 0 saturated heterocycles. The minimum atomic E-state index is -0.0521. The number of pyridine rings is 1. The summed E-state index contributed by atoms with van der Waals surface area (Å²) < 4.78 is 0. The Hall–Kier alpha value is -1.83. The van der Waals surface area contributed by atoms with Gasteiger partial charge in [-0.25, -0.2) is 12.1 Å². The Morgan fingerprint density at radius 2 is 1.30 bits per heavy atom. The van der Waals surface area contributed by atoms with E-state index in [1.165, 1.54) is 6.07 Å². The fraction of sp³-hybridized carbons (Fsp3) is 0. The zero-order valence-electron chi connectivity index (χ0n) is 12.3. The molecule has 0 saturated carbocycles. The molecule has 4 aromatic rings. The topological polar surface area (TPSA) is 32.9 Å². The number of benzene rings is 1. The quantitative estimate of drug-likeness (QED) is 0.349. The number of rotatable bonds is 0. The minimum absolute atomic E-state index is 0. The fourth-order valence-electron chi connectivity index (χ4n) is 1.74. The summed E-state index contributed by atoms with van der Waals surface area (Å²) in [4.78, 5) is 13.6. The Balaban J connectivity index is 0.000000342. The summed E-state index contributed by atoms with van der Waals surface area (Å²) in [5.74, 6) is 0. The molecule has 1 aromatic heterocycles. The van der Waals surface area contributed by atoms with Crippen LogP contribution >= 0.6 is 0 Å². The van der Waals surface area contributed by atoms with Crippen LogP contribution in [0.1, 0.15) is 0 Å². The number of aromatic nitrogens is 1. The Kier molecular flexibility index (Phi) is 11.7. The SMILES string of the molecule is O=c1ccc2ccccc2[nH]1.[Cu].[Fe].[cH-]1[cH-][cH-][cH-][cH-]1.c1cc[cH-]c1. The molecule has 0 bridgehead atoms. The Labute approximate surface area is 157 Å². The van der Waals surface area contributed by atoms with Crippen molar-refractivity contribution in [3.8, 4) is 0 Å². The molecule has 0 aliphatic heterocycles. The molecule has 2 nitrogen and oxygen atoms in total. The molecule has 0 atom stereocenters. The molecule has 129 valence electrons. The van der Waals surface area contributed by atoms with E-state index in [2.05, 4.69) is 4.98 Å². The van der Waals surface area contributed by atoms with Gasteiger partial charge in [-0.3, -0.25) is 4.79 Å². The van der Waals surface area contributed by atoms with Gasteiger partial charge in [0.2, 0.25) is 5.56 Å². The summed E-state index contributed by atoms with van der Waals surface area (Å²) in [6, 6.07) is 31.0. The second-order valence-electron chi connectivity index (χ2n) is 4.33. The first-order valence-electron chi connectivity index (χ1n) is 6.78. The summed E-state index contributed by atoms with van der Waals surface area (Å²) in [7, 11) is 0. The molecule has 4 heteroatoms. The predicted octanol–water partition coefficient (Wildman–Crippen LogP) is 4.33. The van der Waals surface area contributed by atoms with E-state index in [1.54, 1.807) is 0 Å². The predicted molar refractivity (Wildman–Crippen MR) is 88.6 cm³/mol. The Bertz CT molecular complexity index is 716. The van der Waals surface area contributed by atoms with Crippen LogP contribution in [0, 0.1) is 0 Å². The smallest absolute Gasteiger partial charge is 0.248 e. The summed E-state index contributed by atoms with van der Waals surface area (Å²) in [6.45, 7) is 0. The van der Waals surface area contributed by atoms with Gasteiger partial charge in [0.05, 0.1) is 0 Å². The van der Waals surface area contributed by atoms with Crippen LogP contribution in [0.2, 0.25) is 0 Å². The van der Waals surface area contributed by atoms with Gasteiger partial charge in [-0.05, 0) is 17.5 Å². The van der Waals surface area contributed by atoms with E-state index < -0.39 is 0 Å². The van der Waals surface area contributed by atoms with Crippen molar-refractivity contribution in [2.24, 2.45) is 0 Å². The van der Waals surface area contributed by atoms with Gasteiger partial charge in [0.15, 0.2) is 0 Å². The van der Waals surface area contributed by atoms with Crippen LogP contribution in [-0.4, -0.2) is 4.98 Å². The van der Waals surface area contributed by atoms with Gasteiger partial charge in [-0.15, -0.1) is 0 Å². The standard InChI is InChI=1S/C9H7NO.2C5H5.Cu.Fe/c11-9-6-5-7-3-1-2-4-8(7)10-9;2*1-2-4-5-3-1;;/h1-6H,(H,10,11);2*1-5H;;/q;-5;-1;;. The van der Waals surface area contributed by atoms with Gasteiger partial charge < -0.3 is 35.3 Å². The van der Waals surface area contributed by atoms with Crippen LogP contribution in [0.5, 0.6) is 0 Å². The van der Waals surface area contributed by atoms with Crippen molar-refractivity contribution >= 4 is 10.9 Å². The molecule has 0 fully saturated rings. The second kappa shape index (κ2) is 12.7. The average Bonchev–Trinajstić information content (AvgIpc) is 3.25. The second-order valence-corrected chi connectivity index (χ2v) is 4.33. The van der Waals surface area contributed by atoms with Gasteiger partial charge in [-0.1, -0.05) is 18.2 Å². The third kappa shape index (κ3) is 8.39. The van der Waals surface area contributed by atoms with Crippen LogP contribution in [0.3, 0.4) is 0 Å².